The predicted molar refractivity (Wildman–Crippen MR) is 79.7 cm³/mol. The van der Waals surface area contributed by atoms with E-state index in [1.807, 2.05) is 24.3 Å². The maximum Gasteiger partial charge on any atom is 0.123 e. The molecule has 5 heteroatoms. The fraction of sp³-hybridized carbons (Fsp3) is 0.214. The molecule has 1 aromatic carbocycles. The molecule has 0 radical (unpaired) electrons. The molecule has 1 heterocycles. The van der Waals surface area contributed by atoms with Crippen LogP contribution in [-0.4, -0.2) is 12.1 Å². The summed E-state index contributed by atoms with van der Waals surface area (Å²) in [7, 11) is 1.65. The summed E-state index contributed by atoms with van der Waals surface area (Å²) in [5, 5.41) is 1.61. The highest BCUT2D eigenvalue weighted by atomic mass is 35.5. The number of benzene rings is 1. The standard InChI is InChI=1S/C14H15ClN2OS/c1-18-13-4-2-10(6-11(13)7-16)9-19-14-5-3-12(15)8-17-14/h2-6,8H,7,9,16H2,1H3. The van der Waals surface area contributed by atoms with Gasteiger partial charge in [-0.1, -0.05) is 17.7 Å². The number of hydrogen-bond donors (Lipinski definition) is 1. The van der Waals surface area contributed by atoms with Crippen molar-refractivity contribution in [3.8, 4) is 5.75 Å². The van der Waals surface area contributed by atoms with Gasteiger partial charge in [-0.05, 0) is 29.8 Å². The lowest BCUT2D eigenvalue weighted by Crippen LogP contribution is -2.00. The SMILES string of the molecule is COc1ccc(CSc2ccc(Cl)cn2)cc1CN. The third-order valence-electron chi connectivity index (χ3n) is 2.65. The molecule has 0 bridgehead atoms. The molecule has 1 aromatic heterocycles. The third kappa shape index (κ3) is 3.86. The van der Waals surface area contributed by atoms with E-state index in [1.165, 1.54) is 5.56 Å². The van der Waals surface area contributed by atoms with Crippen molar-refractivity contribution in [1.29, 1.82) is 0 Å². The molecule has 0 saturated heterocycles. The first-order chi connectivity index (χ1) is 9.22. The molecule has 0 atom stereocenters. The van der Waals surface area contributed by atoms with Gasteiger partial charge in [-0.25, -0.2) is 4.98 Å². The van der Waals surface area contributed by atoms with Crippen LogP contribution in [0.3, 0.4) is 0 Å². The Morgan fingerprint density at radius 1 is 1.32 bits per heavy atom. The Bertz CT molecular complexity index is 546. The van der Waals surface area contributed by atoms with Gasteiger partial charge >= 0.3 is 0 Å². The first-order valence-corrected chi connectivity index (χ1v) is 7.19. The molecule has 0 aliphatic carbocycles. The van der Waals surface area contributed by atoms with Gasteiger partial charge in [-0.2, -0.15) is 0 Å². The van der Waals surface area contributed by atoms with E-state index in [2.05, 4.69) is 11.1 Å². The van der Waals surface area contributed by atoms with Gasteiger partial charge in [0.2, 0.25) is 0 Å². The molecule has 2 rings (SSSR count). The highest BCUT2D eigenvalue weighted by Gasteiger charge is 2.04. The summed E-state index contributed by atoms with van der Waals surface area (Å²) in [6.45, 7) is 0.473. The van der Waals surface area contributed by atoms with Gasteiger partial charge in [-0.3, -0.25) is 0 Å². The molecule has 0 unspecified atom stereocenters. The fourth-order valence-electron chi connectivity index (χ4n) is 1.69. The third-order valence-corrected chi connectivity index (χ3v) is 3.89. The van der Waals surface area contributed by atoms with Crippen LogP contribution in [0.2, 0.25) is 5.02 Å². The maximum atomic E-state index is 5.80. The number of halogens is 1. The van der Waals surface area contributed by atoms with E-state index in [1.54, 1.807) is 25.1 Å². The summed E-state index contributed by atoms with van der Waals surface area (Å²) >= 11 is 7.47. The molecular weight excluding hydrogens is 280 g/mol. The van der Waals surface area contributed by atoms with Crippen LogP contribution in [0.25, 0.3) is 0 Å². The second-order valence-corrected chi connectivity index (χ2v) is 5.39. The zero-order valence-electron chi connectivity index (χ0n) is 10.6. The predicted octanol–water partition coefficient (Wildman–Crippen LogP) is 3.49. The number of nitrogens with two attached hydrogens (primary N) is 1. The molecule has 2 aromatic rings. The van der Waals surface area contributed by atoms with Gasteiger partial charge in [0.1, 0.15) is 5.75 Å². The molecule has 0 saturated carbocycles. The topological polar surface area (TPSA) is 48.1 Å². The minimum atomic E-state index is 0.473. The lowest BCUT2D eigenvalue weighted by molar-refractivity contribution is 0.409. The van der Waals surface area contributed by atoms with Crippen molar-refractivity contribution in [3.05, 3.63) is 52.7 Å². The van der Waals surface area contributed by atoms with Crippen LogP contribution in [0, 0.1) is 0 Å². The Hall–Kier alpha value is -1.23. The Morgan fingerprint density at radius 3 is 2.79 bits per heavy atom. The van der Waals surface area contributed by atoms with Crippen molar-refractivity contribution in [3.63, 3.8) is 0 Å². The van der Waals surface area contributed by atoms with Gasteiger partial charge in [0.15, 0.2) is 0 Å². The Kier molecular flexibility index (Phi) is 5.07. The van der Waals surface area contributed by atoms with Crippen LogP contribution in [0.5, 0.6) is 5.75 Å². The Balaban J connectivity index is 2.05. The largest absolute Gasteiger partial charge is 0.496 e. The second kappa shape index (κ2) is 6.80. The van der Waals surface area contributed by atoms with E-state index < -0.39 is 0 Å². The average Bonchev–Trinajstić information content (AvgIpc) is 2.46. The summed E-state index contributed by atoms with van der Waals surface area (Å²) < 4.78 is 5.25. The van der Waals surface area contributed by atoms with Crippen LogP contribution in [0.1, 0.15) is 11.1 Å². The molecule has 100 valence electrons. The lowest BCUT2D eigenvalue weighted by Gasteiger charge is -2.09. The minimum absolute atomic E-state index is 0.473. The molecule has 2 N–H and O–H groups in total. The van der Waals surface area contributed by atoms with Crippen molar-refractivity contribution < 1.29 is 4.74 Å². The fourth-order valence-corrected chi connectivity index (χ4v) is 2.58. The van der Waals surface area contributed by atoms with E-state index >= 15 is 0 Å². The molecule has 0 fully saturated rings. The van der Waals surface area contributed by atoms with Crippen molar-refractivity contribution in [2.24, 2.45) is 5.73 Å². The van der Waals surface area contributed by atoms with Gasteiger partial charge in [0, 0.05) is 24.1 Å². The molecule has 3 nitrogen and oxygen atoms in total. The van der Waals surface area contributed by atoms with Crippen LogP contribution in [-0.2, 0) is 12.3 Å². The molecule has 0 aliphatic rings. The zero-order chi connectivity index (χ0) is 13.7. The highest BCUT2D eigenvalue weighted by Crippen LogP contribution is 2.25. The number of pyridine rings is 1. The number of hydrogen-bond acceptors (Lipinski definition) is 4. The van der Waals surface area contributed by atoms with Gasteiger partial charge < -0.3 is 10.5 Å². The first-order valence-electron chi connectivity index (χ1n) is 5.83. The summed E-state index contributed by atoms with van der Waals surface area (Å²) in [4.78, 5) is 4.25. The summed E-state index contributed by atoms with van der Waals surface area (Å²) in [6.07, 6.45) is 1.66. The van der Waals surface area contributed by atoms with Crippen molar-refractivity contribution in [2.75, 3.05) is 7.11 Å². The average molecular weight is 295 g/mol. The maximum absolute atomic E-state index is 5.80. The van der Waals surface area contributed by atoms with E-state index in [9.17, 15) is 0 Å². The summed E-state index contributed by atoms with van der Waals surface area (Å²) in [5.74, 6) is 1.67. The van der Waals surface area contributed by atoms with E-state index in [-0.39, 0.29) is 0 Å². The summed E-state index contributed by atoms with van der Waals surface area (Å²) in [6, 6.07) is 9.83. The van der Waals surface area contributed by atoms with Crippen molar-refractivity contribution in [1.82, 2.24) is 4.98 Å². The zero-order valence-corrected chi connectivity index (χ0v) is 12.2. The van der Waals surface area contributed by atoms with Gasteiger partial charge in [-0.15, -0.1) is 11.8 Å². The highest BCUT2D eigenvalue weighted by molar-refractivity contribution is 7.98. The molecule has 0 aliphatic heterocycles. The number of methoxy groups -OCH3 is 1. The van der Waals surface area contributed by atoms with Crippen molar-refractivity contribution >= 4 is 23.4 Å². The molecular formula is C14H15ClN2OS. The number of ether oxygens (including phenoxy) is 1. The molecule has 0 spiro atoms. The smallest absolute Gasteiger partial charge is 0.123 e. The number of aromatic nitrogens is 1. The van der Waals surface area contributed by atoms with Crippen LogP contribution < -0.4 is 10.5 Å². The Labute approximate surface area is 122 Å². The van der Waals surface area contributed by atoms with E-state index in [0.29, 0.717) is 11.6 Å². The number of thioether (sulfide) groups is 1. The number of nitrogens with zero attached hydrogens (tertiary/aromatic N) is 1. The molecule has 0 amide bonds. The number of rotatable bonds is 5. The van der Waals surface area contributed by atoms with Crippen LogP contribution >= 0.6 is 23.4 Å². The quantitative estimate of drug-likeness (QED) is 0.858. The normalized spacial score (nSPS) is 10.5. The monoisotopic (exact) mass is 294 g/mol. The van der Waals surface area contributed by atoms with E-state index in [4.69, 9.17) is 22.1 Å². The lowest BCUT2D eigenvalue weighted by atomic mass is 10.1. The summed E-state index contributed by atoms with van der Waals surface area (Å²) in [5.41, 5.74) is 7.92. The van der Waals surface area contributed by atoms with Crippen molar-refractivity contribution in [2.45, 2.75) is 17.3 Å². The minimum Gasteiger partial charge on any atom is -0.496 e. The van der Waals surface area contributed by atoms with E-state index in [0.717, 1.165) is 22.1 Å². The van der Waals surface area contributed by atoms with Gasteiger partial charge in [0.05, 0.1) is 17.2 Å². The van der Waals surface area contributed by atoms with Crippen LogP contribution in [0.15, 0.2) is 41.6 Å². The first kappa shape index (κ1) is 14.2. The van der Waals surface area contributed by atoms with Crippen LogP contribution in [0.4, 0.5) is 0 Å². The molecule has 19 heavy (non-hydrogen) atoms. The second-order valence-electron chi connectivity index (χ2n) is 3.95. The Morgan fingerprint density at radius 2 is 2.16 bits per heavy atom. The van der Waals surface area contributed by atoms with Gasteiger partial charge in [0.25, 0.3) is 0 Å².